The van der Waals surface area contributed by atoms with E-state index in [0.717, 1.165) is 45.6 Å². The Kier molecular flexibility index (Phi) is 9.68. The van der Waals surface area contributed by atoms with Gasteiger partial charge < -0.3 is 10.6 Å². The second-order valence-corrected chi connectivity index (χ2v) is 6.38. The average molecular weight is 297 g/mol. The standard InChI is InChI=1S/C17H35N3O/c1-4-6-7-11-19-17(21)15(3)20(12-5-2)14-16-9-8-10-18-13-16/h15-16,18H,4-14H2,1-3H3,(H,19,21). The molecule has 0 aliphatic carbocycles. The van der Waals surface area contributed by atoms with Gasteiger partial charge in [0.1, 0.15) is 0 Å². The van der Waals surface area contributed by atoms with E-state index in [0.29, 0.717) is 5.92 Å². The number of carbonyl (C=O) groups excluding carboxylic acids is 1. The van der Waals surface area contributed by atoms with Gasteiger partial charge in [0.2, 0.25) is 5.91 Å². The summed E-state index contributed by atoms with van der Waals surface area (Å²) in [7, 11) is 0. The topological polar surface area (TPSA) is 44.4 Å². The average Bonchev–Trinajstić information content (AvgIpc) is 2.51. The van der Waals surface area contributed by atoms with E-state index in [1.165, 1.54) is 25.7 Å². The molecule has 0 aromatic rings. The van der Waals surface area contributed by atoms with Crippen LogP contribution in [-0.4, -0.2) is 49.6 Å². The first-order valence-electron chi connectivity index (χ1n) is 8.91. The van der Waals surface area contributed by atoms with Crippen molar-refractivity contribution < 1.29 is 4.79 Å². The second kappa shape index (κ2) is 11.0. The largest absolute Gasteiger partial charge is 0.355 e. The molecule has 2 N–H and O–H groups in total. The van der Waals surface area contributed by atoms with Gasteiger partial charge >= 0.3 is 0 Å². The third-order valence-corrected chi connectivity index (χ3v) is 4.41. The molecule has 124 valence electrons. The Morgan fingerprint density at radius 3 is 2.76 bits per heavy atom. The van der Waals surface area contributed by atoms with Gasteiger partial charge in [0.15, 0.2) is 0 Å². The van der Waals surface area contributed by atoms with Crippen molar-refractivity contribution in [1.82, 2.24) is 15.5 Å². The third-order valence-electron chi connectivity index (χ3n) is 4.41. The number of hydrogen-bond donors (Lipinski definition) is 2. The van der Waals surface area contributed by atoms with Gasteiger partial charge in [0, 0.05) is 13.1 Å². The summed E-state index contributed by atoms with van der Waals surface area (Å²) in [6.07, 6.45) is 7.15. The lowest BCUT2D eigenvalue weighted by Crippen LogP contribution is -2.49. The van der Waals surface area contributed by atoms with Gasteiger partial charge in [-0.05, 0) is 58.2 Å². The van der Waals surface area contributed by atoms with Gasteiger partial charge in [0.25, 0.3) is 0 Å². The van der Waals surface area contributed by atoms with Gasteiger partial charge in [-0.15, -0.1) is 0 Å². The number of nitrogens with one attached hydrogen (secondary N) is 2. The molecule has 21 heavy (non-hydrogen) atoms. The summed E-state index contributed by atoms with van der Waals surface area (Å²) in [6.45, 7) is 11.6. The summed E-state index contributed by atoms with van der Waals surface area (Å²) in [5.74, 6) is 0.893. The van der Waals surface area contributed by atoms with Crippen molar-refractivity contribution in [2.75, 3.05) is 32.7 Å². The van der Waals surface area contributed by atoms with E-state index >= 15 is 0 Å². The molecule has 2 atom stereocenters. The minimum Gasteiger partial charge on any atom is -0.355 e. The number of hydrogen-bond acceptors (Lipinski definition) is 3. The molecular formula is C17H35N3O. The van der Waals surface area contributed by atoms with E-state index in [4.69, 9.17) is 0 Å². The van der Waals surface area contributed by atoms with Crippen LogP contribution in [0.25, 0.3) is 0 Å². The highest BCUT2D eigenvalue weighted by Gasteiger charge is 2.24. The minimum absolute atomic E-state index is 0.00602. The molecule has 2 unspecified atom stereocenters. The van der Waals surface area contributed by atoms with Gasteiger partial charge in [-0.2, -0.15) is 0 Å². The molecule has 1 aliphatic rings. The van der Waals surface area contributed by atoms with Crippen LogP contribution in [0.15, 0.2) is 0 Å². The molecule has 0 radical (unpaired) electrons. The quantitative estimate of drug-likeness (QED) is 0.609. The van der Waals surface area contributed by atoms with Crippen molar-refractivity contribution in [3.8, 4) is 0 Å². The third kappa shape index (κ3) is 7.28. The van der Waals surface area contributed by atoms with Crippen LogP contribution in [-0.2, 0) is 4.79 Å². The van der Waals surface area contributed by atoms with Crippen LogP contribution in [0.5, 0.6) is 0 Å². The summed E-state index contributed by atoms with van der Waals surface area (Å²) in [5.41, 5.74) is 0. The first-order valence-corrected chi connectivity index (χ1v) is 8.91. The lowest BCUT2D eigenvalue weighted by atomic mass is 9.98. The summed E-state index contributed by atoms with van der Waals surface area (Å²) in [5, 5.41) is 6.57. The van der Waals surface area contributed by atoms with Crippen LogP contribution < -0.4 is 10.6 Å². The first-order chi connectivity index (χ1) is 10.2. The van der Waals surface area contributed by atoms with Gasteiger partial charge in [0.05, 0.1) is 6.04 Å². The van der Waals surface area contributed by atoms with Crippen LogP contribution in [0.1, 0.15) is 59.3 Å². The number of unbranched alkanes of at least 4 members (excludes halogenated alkanes) is 2. The maximum Gasteiger partial charge on any atom is 0.237 e. The normalized spacial score (nSPS) is 20.5. The van der Waals surface area contributed by atoms with Crippen molar-refractivity contribution in [2.24, 2.45) is 5.92 Å². The number of rotatable bonds is 10. The van der Waals surface area contributed by atoms with Crippen molar-refractivity contribution >= 4 is 5.91 Å². The molecule has 0 spiro atoms. The highest BCUT2D eigenvalue weighted by atomic mass is 16.2. The predicted molar refractivity (Wildman–Crippen MR) is 89.5 cm³/mol. The minimum atomic E-state index is -0.00602. The maximum atomic E-state index is 12.3. The molecule has 4 nitrogen and oxygen atoms in total. The van der Waals surface area contributed by atoms with Crippen LogP contribution in [0.3, 0.4) is 0 Å². The van der Waals surface area contributed by atoms with Gasteiger partial charge in [-0.3, -0.25) is 9.69 Å². The van der Waals surface area contributed by atoms with E-state index in [1.54, 1.807) is 0 Å². The van der Waals surface area contributed by atoms with Crippen molar-refractivity contribution in [1.29, 1.82) is 0 Å². The summed E-state index contributed by atoms with van der Waals surface area (Å²) in [6, 6.07) is -0.00602. The number of nitrogens with zero attached hydrogens (tertiary/aromatic N) is 1. The molecule has 1 rings (SSSR count). The fraction of sp³-hybridized carbons (Fsp3) is 0.941. The summed E-state index contributed by atoms with van der Waals surface area (Å²) >= 11 is 0. The summed E-state index contributed by atoms with van der Waals surface area (Å²) < 4.78 is 0. The Hall–Kier alpha value is -0.610. The van der Waals surface area contributed by atoms with E-state index < -0.39 is 0 Å². The Morgan fingerprint density at radius 2 is 2.14 bits per heavy atom. The Morgan fingerprint density at radius 1 is 1.33 bits per heavy atom. The lowest BCUT2D eigenvalue weighted by molar-refractivity contribution is -0.126. The zero-order chi connectivity index (χ0) is 15.5. The molecule has 1 heterocycles. The molecular weight excluding hydrogens is 262 g/mol. The Labute approximate surface area is 131 Å². The number of carbonyl (C=O) groups is 1. The van der Waals surface area contributed by atoms with Crippen LogP contribution >= 0.6 is 0 Å². The number of piperidine rings is 1. The fourth-order valence-corrected chi connectivity index (χ4v) is 3.04. The molecule has 0 aromatic heterocycles. The van der Waals surface area contributed by atoms with Gasteiger partial charge in [-0.1, -0.05) is 26.7 Å². The molecule has 1 aliphatic heterocycles. The zero-order valence-electron chi connectivity index (χ0n) is 14.3. The molecule has 4 heteroatoms. The number of amides is 1. The maximum absolute atomic E-state index is 12.3. The summed E-state index contributed by atoms with van der Waals surface area (Å²) in [4.78, 5) is 14.7. The fourth-order valence-electron chi connectivity index (χ4n) is 3.04. The predicted octanol–water partition coefficient (Wildman–Crippen LogP) is 2.39. The van der Waals surface area contributed by atoms with Crippen LogP contribution in [0.4, 0.5) is 0 Å². The zero-order valence-corrected chi connectivity index (χ0v) is 14.3. The highest BCUT2D eigenvalue weighted by Crippen LogP contribution is 2.14. The molecule has 1 saturated heterocycles. The van der Waals surface area contributed by atoms with E-state index in [9.17, 15) is 4.79 Å². The van der Waals surface area contributed by atoms with E-state index in [1.807, 2.05) is 0 Å². The smallest absolute Gasteiger partial charge is 0.237 e. The van der Waals surface area contributed by atoms with Gasteiger partial charge in [-0.25, -0.2) is 0 Å². The molecule has 0 aromatic carbocycles. The SMILES string of the molecule is CCCCCNC(=O)C(C)N(CCC)CC1CCCNC1. The van der Waals surface area contributed by atoms with Crippen molar-refractivity contribution in [2.45, 2.75) is 65.3 Å². The molecule has 0 bridgehead atoms. The first kappa shape index (κ1) is 18.4. The molecule has 1 fully saturated rings. The van der Waals surface area contributed by atoms with Crippen molar-refractivity contribution in [3.63, 3.8) is 0 Å². The van der Waals surface area contributed by atoms with E-state index in [2.05, 4.69) is 36.3 Å². The molecule has 1 amide bonds. The molecule has 0 saturated carbocycles. The van der Waals surface area contributed by atoms with Crippen molar-refractivity contribution in [3.05, 3.63) is 0 Å². The van der Waals surface area contributed by atoms with Crippen LogP contribution in [0, 0.1) is 5.92 Å². The highest BCUT2D eigenvalue weighted by molar-refractivity contribution is 5.81. The van der Waals surface area contributed by atoms with E-state index in [-0.39, 0.29) is 11.9 Å². The lowest BCUT2D eigenvalue weighted by Gasteiger charge is -2.33. The Bertz CT molecular complexity index is 277. The van der Waals surface area contributed by atoms with Crippen LogP contribution in [0.2, 0.25) is 0 Å². The second-order valence-electron chi connectivity index (χ2n) is 6.38. The monoisotopic (exact) mass is 297 g/mol. The Balaban J connectivity index is 2.39.